The van der Waals surface area contributed by atoms with Crippen molar-refractivity contribution in [3.05, 3.63) is 93.2 Å². The third-order valence-electron chi connectivity index (χ3n) is 9.01. The van der Waals surface area contributed by atoms with Crippen LogP contribution in [0.4, 0.5) is 0 Å². The zero-order chi connectivity index (χ0) is 29.1. The van der Waals surface area contributed by atoms with Gasteiger partial charge in [0.1, 0.15) is 0 Å². The first-order valence-corrected chi connectivity index (χ1v) is 17.9. The van der Waals surface area contributed by atoms with Gasteiger partial charge < -0.3 is 9.31 Å². The Morgan fingerprint density at radius 1 is 0.558 bits per heavy atom. The Kier molecular flexibility index (Phi) is 5.69. The van der Waals surface area contributed by atoms with Crippen LogP contribution in [-0.2, 0) is 0 Å². The first-order chi connectivity index (χ1) is 20.9. The lowest BCUT2D eigenvalue weighted by Crippen LogP contribution is -2.50. The molecule has 8 heteroatoms. The summed E-state index contributed by atoms with van der Waals surface area (Å²) in [6.07, 6.45) is 0. The van der Waals surface area contributed by atoms with Crippen LogP contribution >= 0.6 is 45.3 Å². The number of hydrogen-bond donors (Lipinski definition) is 0. The maximum atomic E-state index is 7.01. The number of benzene rings is 3. The molecule has 6 heterocycles. The largest absolute Gasteiger partial charge is 0.543 e. The van der Waals surface area contributed by atoms with E-state index in [0.717, 1.165) is 10.1 Å². The molecule has 4 aromatic heterocycles. The van der Waals surface area contributed by atoms with Gasteiger partial charge in [-0.25, -0.2) is 0 Å². The van der Waals surface area contributed by atoms with E-state index < -0.39 is 0 Å². The predicted molar refractivity (Wildman–Crippen MR) is 192 cm³/mol. The molecule has 0 radical (unpaired) electrons. The van der Waals surface area contributed by atoms with Gasteiger partial charge in [0.15, 0.2) is 10.1 Å². The normalized spacial score (nSPS) is 13.5. The fourth-order valence-corrected chi connectivity index (χ4v) is 11.4. The Balaban J connectivity index is 1.26. The van der Waals surface area contributed by atoms with Crippen molar-refractivity contribution in [3.63, 3.8) is 0 Å². The Morgan fingerprint density at radius 3 is 1.67 bits per heavy atom. The average molecular weight is 628 g/mol. The Hall–Kier alpha value is -3.29. The van der Waals surface area contributed by atoms with Crippen molar-refractivity contribution in [1.82, 2.24) is 0 Å². The van der Waals surface area contributed by atoms with E-state index in [2.05, 4.69) is 100.0 Å². The Morgan fingerprint density at radius 2 is 1.09 bits per heavy atom. The molecule has 0 spiro atoms. The van der Waals surface area contributed by atoms with Gasteiger partial charge in [-0.2, -0.15) is 22.7 Å². The van der Waals surface area contributed by atoms with Gasteiger partial charge in [-0.3, -0.25) is 0 Å². The van der Waals surface area contributed by atoms with Gasteiger partial charge in [0.25, 0.3) is 0 Å². The zero-order valence-electron chi connectivity index (χ0n) is 24.5. The van der Waals surface area contributed by atoms with Crippen molar-refractivity contribution in [2.45, 2.75) is 34.6 Å². The molecule has 0 fully saturated rings. The molecule has 0 saturated carbocycles. The Bertz CT molecular complexity index is 2260. The minimum absolute atomic E-state index is 0.0865. The summed E-state index contributed by atoms with van der Waals surface area (Å²) >= 11 is 7.17. The van der Waals surface area contributed by atoms with Crippen LogP contribution in [0.25, 0.3) is 42.4 Å². The highest BCUT2D eigenvalue weighted by Crippen LogP contribution is 2.55. The van der Waals surface area contributed by atoms with Crippen molar-refractivity contribution in [3.8, 4) is 32.4 Å². The van der Waals surface area contributed by atoms with Gasteiger partial charge in [-0.05, 0) is 91.7 Å². The topological polar surface area (TPSA) is 18.5 Å². The maximum Gasteiger partial charge on any atom is 0.438 e. The monoisotopic (exact) mass is 628 g/mol. The quantitative estimate of drug-likeness (QED) is 0.180. The molecule has 2 aliphatic rings. The van der Waals surface area contributed by atoms with Crippen LogP contribution in [0, 0.1) is 34.6 Å². The molecule has 0 saturated heterocycles. The molecular formula is C35H26B2O2S4. The Labute approximate surface area is 267 Å². The molecule has 9 rings (SSSR count). The van der Waals surface area contributed by atoms with Crippen LogP contribution in [0.5, 0.6) is 10.1 Å². The summed E-state index contributed by atoms with van der Waals surface area (Å²) in [6, 6.07) is 20.4. The van der Waals surface area contributed by atoms with Crippen LogP contribution in [0.15, 0.2) is 65.4 Å². The predicted octanol–water partition coefficient (Wildman–Crippen LogP) is 8.11. The highest BCUT2D eigenvalue weighted by molar-refractivity contribution is 7.27. The fourth-order valence-electron chi connectivity index (χ4n) is 7.29. The molecular weight excluding hydrogens is 602 g/mol. The van der Waals surface area contributed by atoms with Crippen molar-refractivity contribution in [2.24, 2.45) is 0 Å². The molecule has 0 amide bonds. The number of aryl methyl sites for hydroxylation is 5. The van der Waals surface area contributed by atoms with Gasteiger partial charge in [0.2, 0.25) is 0 Å². The highest BCUT2D eigenvalue weighted by atomic mass is 32.1. The molecule has 7 aromatic rings. The van der Waals surface area contributed by atoms with Crippen molar-refractivity contribution >= 4 is 99.8 Å². The molecule has 0 bridgehead atoms. The molecule has 0 unspecified atom stereocenters. The molecule has 0 aliphatic carbocycles. The first kappa shape index (κ1) is 26.1. The summed E-state index contributed by atoms with van der Waals surface area (Å²) < 4.78 is 19.1. The fraction of sp³-hybridized carbons (Fsp3) is 0.143. The third-order valence-corrected chi connectivity index (χ3v) is 13.0. The van der Waals surface area contributed by atoms with E-state index in [1.165, 1.54) is 90.7 Å². The van der Waals surface area contributed by atoms with Gasteiger partial charge in [-0.15, -0.1) is 0 Å². The highest BCUT2D eigenvalue weighted by Gasteiger charge is 2.41. The molecule has 43 heavy (non-hydrogen) atoms. The van der Waals surface area contributed by atoms with Crippen LogP contribution in [0.2, 0.25) is 0 Å². The van der Waals surface area contributed by atoms with Crippen LogP contribution in [0.3, 0.4) is 0 Å². The van der Waals surface area contributed by atoms with E-state index in [4.69, 9.17) is 9.31 Å². The molecule has 2 nitrogen and oxygen atoms in total. The number of thiophene rings is 4. The second-order valence-electron chi connectivity index (χ2n) is 11.9. The SMILES string of the molecule is Cc1ccc(B2Oc3sc4ccc5sc6c(c5c4c3-c3ccsc32)-c2ccsc2B(c2c(C)cc(C)cc2C)O6)c(C)c1. The van der Waals surface area contributed by atoms with Gasteiger partial charge in [-0.1, -0.05) is 80.8 Å². The average Bonchev–Trinajstić information content (AvgIpc) is 3.74. The van der Waals surface area contributed by atoms with Gasteiger partial charge >= 0.3 is 13.8 Å². The maximum absolute atomic E-state index is 7.01. The third kappa shape index (κ3) is 3.70. The van der Waals surface area contributed by atoms with Crippen LogP contribution < -0.4 is 29.8 Å². The van der Waals surface area contributed by atoms with E-state index in [9.17, 15) is 0 Å². The minimum atomic E-state index is -0.0895. The second-order valence-corrected chi connectivity index (χ2v) is 15.8. The summed E-state index contributed by atoms with van der Waals surface area (Å²) in [5, 5.41) is 9.10. The lowest BCUT2D eigenvalue weighted by molar-refractivity contribution is 0.608. The van der Waals surface area contributed by atoms with E-state index in [1.54, 1.807) is 34.0 Å². The van der Waals surface area contributed by atoms with E-state index in [-0.39, 0.29) is 13.8 Å². The van der Waals surface area contributed by atoms with Crippen molar-refractivity contribution in [1.29, 1.82) is 0 Å². The molecule has 3 aromatic carbocycles. The van der Waals surface area contributed by atoms with E-state index >= 15 is 0 Å². The smallest absolute Gasteiger partial charge is 0.438 e. The van der Waals surface area contributed by atoms with Crippen molar-refractivity contribution in [2.75, 3.05) is 0 Å². The molecule has 0 N–H and O–H groups in total. The summed E-state index contributed by atoms with van der Waals surface area (Å²) in [5.41, 5.74) is 14.1. The van der Waals surface area contributed by atoms with E-state index in [1.807, 2.05) is 11.3 Å². The first-order valence-electron chi connectivity index (χ1n) is 14.5. The summed E-state index contributed by atoms with van der Waals surface area (Å²) in [6.45, 7) is 10.8. The van der Waals surface area contributed by atoms with Crippen LogP contribution in [-0.4, -0.2) is 13.8 Å². The molecule has 0 atom stereocenters. The summed E-state index contributed by atoms with van der Waals surface area (Å²) in [7, 11) is 0. The number of hydrogen-bond acceptors (Lipinski definition) is 6. The lowest BCUT2D eigenvalue weighted by Gasteiger charge is -2.25. The van der Waals surface area contributed by atoms with Gasteiger partial charge in [0.05, 0.1) is 0 Å². The van der Waals surface area contributed by atoms with Crippen molar-refractivity contribution < 1.29 is 9.31 Å². The molecule has 208 valence electrons. The number of fused-ring (bicyclic) bond motifs is 11. The number of rotatable bonds is 2. The standard InChI is InChI=1S/C35H26B2O2S4/c1-17-6-7-24(19(3)14-17)36-32-22(10-12-40-32)27-29-25(42-34(27)38-36)8-9-26-30(29)28-23-11-13-41-33(23)37(39-35(28)43-26)31-20(4)15-18(2)16-21(31)5/h6-16H,1-5H3. The minimum Gasteiger partial charge on any atom is -0.543 e. The van der Waals surface area contributed by atoms with Crippen LogP contribution in [0.1, 0.15) is 27.8 Å². The van der Waals surface area contributed by atoms with Gasteiger partial charge in [0, 0.05) is 40.9 Å². The second kappa shape index (κ2) is 9.35. The summed E-state index contributed by atoms with van der Waals surface area (Å²) in [4.78, 5) is 0. The lowest BCUT2D eigenvalue weighted by atomic mass is 9.54. The zero-order valence-corrected chi connectivity index (χ0v) is 27.7. The summed E-state index contributed by atoms with van der Waals surface area (Å²) in [5.74, 6) is 0. The molecule has 2 aliphatic heterocycles. The van der Waals surface area contributed by atoms with E-state index in [0.29, 0.717) is 0 Å².